The lowest BCUT2D eigenvalue weighted by Gasteiger charge is -2.32. The number of nitrogens with zero attached hydrogens (tertiary/aromatic N) is 4. The third-order valence-corrected chi connectivity index (χ3v) is 5.98. The number of nitrogens with one attached hydrogen (secondary N) is 1. The predicted molar refractivity (Wildman–Crippen MR) is 121 cm³/mol. The fourth-order valence-corrected chi connectivity index (χ4v) is 4.50. The standard InChI is InChI=1S/C22H29ClN6O/c1-14-11-16(23)12-18-21(14)29(13-19-20(30)4-3-15(2)25-19)22(27-18)26-17-5-8-28(9-6-17)10-7-24/h3-4,11-12,17,30H,5-10,13,24H2,1-2H3,(H,26,27). The van der Waals surface area contributed by atoms with Gasteiger partial charge in [0.1, 0.15) is 11.4 Å². The number of anilines is 1. The summed E-state index contributed by atoms with van der Waals surface area (Å²) in [6.45, 7) is 8.09. The molecule has 8 heteroatoms. The van der Waals surface area contributed by atoms with Crippen molar-refractivity contribution in [3.63, 3.8) is 0 Å². The van der Waals surface area contributed by atoms with Crippen LogP contribution in [0.3, 0.4) is 0 Å². The molecule has 1 fully saturated rings. The van der Waals surface area contributed by atoms with E-state index in [-0.39, 0.29) is 5.75 Å². The molecule has 0 amide bonds. The number of hydrogen-bond acceptors (Lipinski definition) is 6. The maximum absolute atomic E-state index is 10.4. The summed E-state index contributed by atoms with van der Waals surface area (Å²) in [7, 11) is 0. The van der Waals surface area contributed by atoms with E-state index in [9.17, 15) is 5.11 Å². The number of pyridine rings is 1. The summed E-state index contributed by atoms with van der Waals surface area (Å²) in [5, 5.41) is 14.7. The topological polar surface area (TPSA) is 92.2 Å². The van der Waals surface area contributed by atoms with E-state index in [1.807, 2.05) is 32.0 Å². The average molecular weight is 429 g/mol. The second-order valence-corrected chi connectivity index (χ2v) is 8.52. The zero-order valence-corrected chi connectivity index (χ0v) is 18.3. The molecule has 1 aliphatic heterocycles. The molecule has 7 nitrogen and oxygen atoms in total. The van der Waals surface area contributed by atoms with Crippen LogP contribution in [0.25, 0.3) is 11.0 Å². The molecular weight excluding hydrogens is 400 g/mol. The number of aromatic nitrogens is 3. The predicted octanol–water partition coefficient (Wildman–Crippen LogP) is 3.29. The number of halogens is 1. The second kappa shape index (κ2) is 8.79. The molecule has 0 aliphatic carbocycles. The maximum Gasteiger partial charge on any atom is 0.204 e. The number of fused-ring (bicyclic) bond motifs is 1. The van der Waals surface area contributed by atoms with E-state index in [2.05, 4.69) is 19.8 Å². The Hall–Kier alpha value is -2.35. The Labute approximate surface area is 181 Å². The Morgan fingerprint density at radius 1 is 1.20 bits per heavy atom. The first kappa shape index (κ1) is 20.9. The lowest BCUT2D eigenvalue weighted by molar-refractivity contribution is 0.224. The molecule has 1 aromatic carbocycles. The van der Waals surface area contributed by atoms with Crippen molar-refractivity contribution in [2.24, 2.45) is 5.73 Å². The van der Waals surface area contributed by atoms with Crippen molar-refractivity contribution >= 4 is 28.6 Å². The molecule has 0 radical (unpaired) electrons. The summed E-state index contributed by atoms with van der Waals surface area (Å²) in [5.74, 6) is 0.977. The van der Waals surface area contributed by atoms with Gasteiger partial charge in [0.15, 0.2) is 0 Å². The molecule has 3 heterocycles. The highest BCUT2D eigenvalue weighted by molar-refractivity contribution is 6.31. The molecule has 4 rings (SSSR count). The summed E-state index contributed by atoms with van der Waals surface area (Å²) in [6, 6.07) is 7.68. The Bertz CT molecular complexity index is 1040. The van der Waals surface area contributed by atoms with E-state index < -0.39 is 0 Å². The Kier molecular flexibility index (Phi) is 6.13. The molecule has 3 aromatic rings. The summed E-state index contributed by atoms with van der Waals surface area (Å²) < 4.78 is 2.11. The first-order valence-corrected chi connectivity index (χ1v) is 10.8. The molecule has 30 heavy (non-hydrogen) atoms. The smallest absolute Gasteiger partial charge is 0.204 e. The Morgan fingerprint density at radius 3 is 2.70 bits per heavy atom. The van der Waals surface area contributed by atoms with Crippen LogP contribution in [-0.4, -0.2) is 56.8 Å². The number of piperidine rings is 1. The molecule has 1 saturated heterocycles. The van der Waals surface area contributed by atoms with Crippen molar-refractivity contribution in [3.05, 3.63) is 46.2 Å². The van der Waals surface area contributed by atoms with E-state index in [0.29, 0.717) is 29.8 Å². The van der Waals surface area contributed by atoms with E-state index in [1.165, 1.54) is 0 Å². The summed E-state index contributed by atoms with van der Waals surface area (Å²) >= 11 is 6.29. The van der Waals surface area contributed by atoms with Gasteiger partial charge in [-0.05, 0) is 56.5 Å². The normalized spacial score (nSPS) is 15.7. The van der Waals surface area contributed by atoms with Gasteiger partial charge < -0.3 is 25.6 Å². The van der Waals surface area contributed by atoms with Crippen LogP contribution < -0.4 is 11.1 Å². The van der Waals surface area contributed by atoms with E-state index >= 15 is 0 Å². The molecule has 0 unspecified atom stereocenters. The van der Waals surface area contributed by atoms with Gasteiger partial charge in [0.2, 0.25) is 5.95 Å². The van der Waals surface area contributed by atoms with Gasteiger partial charge >= 0.3 is 0 Å². The largest absolute Gasteiger partial charge is 0.506 e. The molecule has 160 valence electrons. The number of likely N-dealkylation sites (tertiary alicyclic amines) is 1. The minimum atomic E-state index is 0.190. The van der Waals surface area contributed by atoms with Gasteiger partial charge in [-0.3, -0.25) is 4.98 Å². The van der Waals surface area contributed by atoms with Crippen LogP contribution in [0.1, 0.15) is 29.8 Å². The highest BCUT2D eigenvalue weighted by Gasteiger charge is 2.22. The number of rotatable bonds is 6. The first-order valence-electron chi connectivity index (χ1n) is 10.5. The van der Waals surface area contributed by atoms with Crippen LogP contribution in [-0.2, 0) is 6.54 Å². The zero-order valence-electron chi connectivity index (χ0n) is 17.5. The molecule has 0 saturated carbocycles. The monoisotopic (exact) mass is 428 g/mol. The molecule has 4 N–H and O–H groups in total. The Morgan fingerprint density at radius 2 is 1.97 bits per heavy atom. The van der Waals surface area contributed by atoms with Gasteiger partial charge in [-0.2, -0.15) is 0 Å². The molecule has 0 atom stereocenters. The van der Waals surface area contributed by atoms with Crippen LogP contribution in [0.2, 0.25) is 5.02 Å². The van der Waals surface area contributed by atoms with Crippen molar-refractivity contribution in [2.75, 3.05) is 31.5 Å². The number of imidazole rings is 1. The summed E-state index contributed by atoms with van der Waals surface area (Å²) in [6.07, 6.45) is 2.08. The average Bonchev–Trinajstić information content (AvgIpc) is 3.03. The number of benzene rings is 1. The first-order chi connectivity index (χ1) is 14.4. The number of hydrogen-bond donors (Lipinski definition) is 3. The van der Waals surface area contributed by atoms with Gasteiger partial charge in [0.25, 0.3) is 0 Å². The van der Waals surface area contributed by atoms with Crippen LogP contribution in [0.4, 0.5) is 5.95 Å². The van der Waals surface area contributed by atoms with E-state index in [4.69, 9.17) is 22.3 Å². The van der Waals surface area contributed by atoms with E-state index in [1.54, 1.807) is 6.07 Å². The quantitative estimate of drug-likeness (QED) is 0.558. The number of aromatic hydroxyl groups is 1. The molecule has 0 spiro atoms. The van der Waals surface area contributed by atoms with Crippen LogP contribution in [0.15, 0.2) is 24.3 Å². The van der Waals surface area contributed by atoms with Crippen molar-refractivity contribution < 1.29 is 5.11 Å². The van der Waals surface area contributed by atoms with Gasteiger partial charge in [0, 0.05) is 42.9 Å². The highest BCUT2D eigenvalue weighted by Crippen LogP contribution is 2.30. The van der Waals surface area contributed by atoms with Crippen molar-refractivity contribution in [1.29, 1.82) is 0 Å². The van der Waals surface area contributed by atoms with Crippen LogP contribution in [0, 0.1) is 13.8 Å². The fourth-order valence-electron chi connectivity index (χ4n) is 4.23. The summed E-state index contributed by atoms with van der Waals surface area (Å²) in [5.41, 5.74) is 10.1. The number of aryl methyl sites for hydroxylation is 2. The zero-order chi connectivity index (χ0) is 21.3. The van der Waals surface area contributed by atoms with Gasteiger partial charge in [0.05, 0.1) is 17.6 Å². The third-order valence-electron chi connectivity index (χ3n) is 5.76. The van der Waals surface area contributed by atoms with Crippen molar-refractivity contribution in [3.8, 4) is 5.75 Å². The van der Waals surface area contributed by atoms with Crippen LogP contribution in [0.5, 0.6) is 5.75 Å². The van der Waals surface area contributed by atoms with Gasteiger partial charge in [-0.1, -0.05) is 11.6 Å². The molecular formula is C22H29ClN6O. The van der Waals surface area contributed by atoms with Crippen molar-refractivity contribution in [1.82, 2.24) is 19.4 Å². The SMILES string of the molecule is Cc1ccc(O)c(Cn2c(NC3CCN(CCN)CC3)nc3cc(Cl)cc(C)c32)n1. The molecule has 0 bridgehead atoms. The van der Waals surface area contributed by atoms with Crippen LogP contribution >= 0.6 is 11.6 Å². The lowest BCUT2D eigenvalue weighted by atomic mass is 10.1. The molecule has 1 aliphatic rings. The highest BCUT2D eigenvalue weighted by atomic mass is 35.5. The van der Waals surface area contributed by atoms with Crippen molar-refractivity contribution in [2.45, 2.75) is 39.3 Å². The summed E-state index contributed by atoms with van der Waals surface area (Å²) in [4.78, 5) is 11.8. The lowest BCUT2D eigenvalue weighted by Crippen LogP contribution is -2.41. The maximum atomic E-state index is 10.4. The van der Waals surface area contributed by atoms with Gasteiger partial charge in [-0.25, -0.2) is 4.98 Å². The third kappa shape index (κ3) is 4.38. The second-order valence-electron chi connectivity index (χ2n) is 8.08. The van der Waals surface area contributed by atoms with E-state index in [0.717, 1.165) is 60.7 Å². The number of nitrogens with two attached hydrogens (primary N) is 1. The minimum Gasteiger partial charge on any atom is -0.506 e. The minimum absolute atomic E-state index is 0.190. The Balaban J connectivity index is 1.67. The fraction of sp³-hybridized carbons (Fsp3) is 0.455. The molecule has 2 aromatic heterocycles. The van der Waals surface area contributed by atoms with Gasteiger partial charge in [-0.15, -0.1) is 0 Å².